The molecule has 170 valence electrons. The van der Waals surface area contributed by atoms with Gasteiger partial charge in [-0.1, -0.05) is 68.1 Å². The zero-order valence-electron chi connectivity index (χ0n) is 19.2. The zero-order chi connectivity index (χ0) is 23.0. The normalized spacial score (nSPS) is 19.0. The third-order valence-corrected chi connectivity index (χ3v) is 6.94. The highest BCUT2D eigenvalue weighted by molar-refractivity contribution is 7.98. The van der Waals surface area contributed by atoms with Crippen LogP contribution in [0.4, 0.5) is 5.95 Å². The molecule has 7 heteroatoms. The molecule has 33 heavy (non-hydrogen) atoms. The first-order valence-corrected chi connectivity index (χ1v) is 12.3. The van der Waals surface area contributed by atoms with E-state index in [1.165, 1.54) is 5.56 Å². The lowest BCUT2D eigenvalue weighted by atomic mass is 9.73. The minimum Gasteiger partial charge on any atom is -0.494 e. The van der Waals surface area contributed by atoms with E-state index in [0.29, 0.717) is 24.1 Å². The number of fused-ring (bicyclic) bond motifs is 1. The topological polar surface area (TPSA) is 69.0 Å². The molecule has 1 aliphatic heterocycles. The molecule has 1 atom stereocenters. The summed E-state index contributed by atoms with van der Waals surface area (Å²) in [5.74, 6) is 2.47. The van der Waals surface area contributed by atoms with Crippen LogP contribution in [0.15, 0.2) is 71.0 Å². The summed E-state index contributed by atoms with van der Waals surface area (Å²) in [5.41, 5.74) is 3.91. The van der Waals surface area contributed by atoms with Crippen LogP contribution in [0.3, 0.4) is 0 Å². The van der Waals surface area contributed by atoms with Crippen molar-refractivity contribution in [2.24, 2.45) is 5.41 Å². The third kappa shape index (κ3) is 4.42. The molecule has 0 bridgehead atoms. The van der Waals surface area contributed by atoms with E-state index in [1.54, 1.807) is 11.8 Å². The Bertz CT molecular complexity index is 1200. The Kier molecular flexibility index (Phi) is 5.74. The Balaban J connectivity index is 1.52. The van der Waals surface area contributed by atoms with Crippen molar-refractivity contribution in [2.75, 3.05) is 11.9 Å². The van der Waals surface area contributed by atoms with E-state index in [0.717, 1.165) is 34.8 Å². The minimum atomic E-state index is -0.297. The molecule has 2 heterocycles. The van der Waals surface area contributed by atoms with Crippen molar-refractivity contribution in [3.63, 3.8) is 0 Å². The second kappa shape index (κ2) is 8.71. The molecule has 2 aliphatic rings. The van der Waals surface area contributed by atoms with Crippen LogP contribution < -0.4 is 10.1 Å². The maximum absolute atomic E-state index is 13.3. The highest BCUT2D eigenvalue weighted by atomic mass is 32.2. The van der Waals surface area contributed by atoms with Crippen LogP contribution >= 0.6 is 11.8 Å². The van der Waals surface area contributed by atoms with Gasteiger partial charge in [0.05, 0.1) is 6.61 Å². The number of ether oxygens (including phenoxy) is 1. The SMILES string of the molecule is CCOc1ccc(C2C3=C(CC(C)(C)CC3=O)Nc3nc(SCc4ccccc4)nn32)cc1. The fraction of sp³-hybridized carbons (Fsp3) is 0.346. The van der Waals surface area contributed by atoms with Crippen LogP contribution in [-0.2, 0) is 10.5 Å². The van der Waals surface area contributed by atoms with Gasteiger partial charge in [0.15, 0.2) is 5.78 Å². The number of Topliss-reactive ketones (excluding diaryl/α,β-unsaturated/α-hetero) is 1. The summed E-state index contributed by atoms with van der Waals surface area (Å²) in [7, 11) is 0. The van der Waals surface area contributed by atoms with Gasteiger partial charge in [0.2, 0.25) is 11.1 Å². The van der Waals surface area contributed by atoms with Crippen LogP contribution in [0.1, 0.15) is 50.8 Å². The lowest BCUT2D eigenvalue weighted by molar-refractivity contribution is -0.118. The molecule has 0 spiro atoms. The van der Waals surface area contributed by atoms with Crippen LogP contribution in [-0.4, -0.2) is 27.2 Å². The van der Waals surface area contributed by atoms with E-state index in [-0.39, 0.29) is 17.2 Å². The van der Waals surface area contributed by atoms with E-state index in [2.05, 4.69) is 31.3 Å². The Hall–Kier alpha value is -3.06. The molecule has 0 amide bonds. The van der Waals surface area contributed by atoms with Crippen molar-refractivity contribution >= 4 is 23.5 Å². The number of carbonyl (C=O) groups excluding carboxylic acids is 1. The predicted molar refractivity (Wildman–Crippen MR) is 130 cm³/mol. The van der Waals surface area contributed by atoms with Crippen molar-refractivity contribution in [3.8, 4) is 5.75 Å². The summed E-state index contributed by atoms with van der Waals surface area (Å²) in [6, 6.07) is 18.0. The van der Waals surface area contributed by atoms with Gasteiger partial charge >= 0.3 is 0 Å². The van der Waals surface area contributed by atoms with Crippen molar-refractivity contribution < 1.29 is 9.53 Å². The molecule has 0 radical (unpaired) electrons. The van der Waals surface area contributed by atoms with Gasteiger partial charge in [0.1, 0.15) is 11.8 Å². The van der Waals surface area contributed by atoms with E-state index >= 15 is 0 Å². The van der Waals surface area contributed by atoms with Gasteiger partial charge in [-0.15, -0.1) is 5.10 Å². The van der Waals surface area contributed by atoms with Gasteiger partial charge in [-0.3, -0.25) is 4.79 Å². The van der Waals surface area contributed by atoms with Crippen LogP contribution in [0.5, 0.6) is 5.75 Å². The Morgan fingerprint density at radius 1 is 1.12 bits per heavy atom. The quantitative estimate of drug-likeness (QED) is 0.481. The van der Waals surface area contributed by atoms with Crippen molar-refractivity contribution in [1.82, 2.24) is 14.8 Å². The smallest absolute Gasteiger partial charge is 0.227 e. The van der Waals surface area contributed by atoms with E-state index in [1.807, 2.05) is 54.1 Å². The molecule has 5 rings (SSSR count). The first kappa shape index (κ1) is 21.8. The van der Waals surface area contributed by atoms with Crippen LogP contribution in [0.2, 0.25) is 0 Å². The van der Waals surface area contributed by atoms with E-state index < -0.39 is 0 Å². The number of nitrogens with zero attached hydrogens (tertiary/aromatic N) is 3. The number of hydrogen-bond acceptors (Lipinski definition) is 6. The predicted octanol–water partition coefficient (Wildman–Crippen LogP) is 5.63. The molecule has 0 fully saturated rings. The molecule has 3 aromatic rings. The maximum Gasteiger partial charge on any atom is 0.227 e. The molecule has 6 nitrogen and oxygen atoms in total. The standard InChI is InChI=1S/C26H28N4O2S/c1-4-32-19-12-10-18(11-13-19)23-22-20(14-26(2,3)15-21(22)31)27-24-28-25(29-30(23)24)33-16-17-8-6-5-7-9-17/h5-13,23H,4,14-16H2,1-3H3,(H,27,28,29). The van der Waals surface area contributed by atoms with Gasteiger partial charge in [0, 0.05) is 23.4 Å². The molecule has 1 unspecified atom stereocenters. The van der Waals surface area contributed by atoms with Crippen molar-refractivity contribution in [1.29, 1.82) is 0 Å². The summed E-state index contributed by atoms with van der Waals surface area (Å²) in [6.07, 6.45) is 1.33. The number of aromatic nitrogens is 3. The summed E-state index contributed by atoms with van der Waals surface area (Å²) in [6.45, 7) is 6.87. The number of ketones is 1. The number of anilines is 1. The average molecular weight is 461 g/mol. The highest BCUT2D eigenvalue weighted by Crippen LogP contribution is 2.45. The number of benzene rings is 2. The molecule has 0 saturated carbocycles. The number of thioether (sulfide) groups is 1. The number of carbonyl (C=O) groups is 1. The summed E-state index contributed by atoms with van der Waals surface area (Å²) in [5, 5.41) is 8.98. The number of nitrogens with one attached hydrogen (secondary N) is 1. The minimum absolute atomic E-state index is 0.0840. The number of rotatable bonds is 6. The summed E-state index contributed by atoms with van der Waals surface area (Å²) in [4.78, 5) is 18.1. The van der Waals surface area contributed by atoms with E-state index in [9.17, 15) is 4.79 Å². The van der Waals surface area contributed by atoms with Crippen LogP contribution in [0.25, 0.3) is 0 Å². The van der Waals surface area contributed by atoms with Gasteiger partial charge < -0.3 is 10.1 Å². The van der Waals surface area contributed by atoms with E-state index in [4.69, 9.17) is 14.8 Å². The van der Waals surface area contributed by atoms with Crippen LogP contribution in [0, 0.1) is 5.41 Å². The maximum atomic E-state index is 13.3. The van der Waals surface area contributed by atoms with Gasteiger partial charge in [0.25, 0.3) is 0 Å². The van der Waals surface area contributed by atoms with Gasteiger partial charge in [-0.2, -0.15) is 4.98 Å². The second-order valence-electron chi connectivity index (χ2n) is 9.30. The highest BCUT2D eigenvalue weighted by Gasteiger charge is 2.41. The number of hydrogen-bond donors (Lipinski definition) is 1. The average Bonchev–Trinajstić information content (AvgIpc) is 3.19. The largest absolute Gasteiger partial charge is 0.494 e. The molecule has 1 N–H and O–H groups in total. The first-order chi connectivity index (χ1) is 15.9. The molecule has 1 aliphatic carbocycles. The molecule has 1 aromatic heterocycles. The Labute approximate surface area is 198 Å². The fourth-order valence-corrected chi connectivity index (χ4v) is 5.38. The zero-order valence-corrected chi connectivity index (χ0v) is 20.0. The summed E-state index contributed by atoms with van der Waals surface area (Å²) < 4.78 is 7.49. The number of allylic oxidation sites excluding steroid dienone is 2. The Morgan fingerprint density at radius 3 is 2.61 bits per heavy atom. The monoisotopic (exact) mass is 460 g/mol. The summed E-state index contributed by atoms with van der Waals surface area (Å²) >= 11 is 1.60. The lowest BCUT2D eigenvalue weighted by Crippen LogP contribution is -2.36. The third-order valence-electron chi connectivity index (χ3n) is 6.03. The fourth-order valence-electron chi connectivity index (χ4n) is 4.59. The molecule has 2 aromatic carbocycles. The molecular weight excluding hydrogens is 432 g/mol. The van der Waals surface area contributed by atoms with Crippen molar-refractivity contribution in [2.45, 2.75) is 50.6 Å². The molecular formula is C26H28N4O2S. The Morgan fingerprint density at radius 2 is 1.88 bits per heavy atom. The van der Waals surface area contributed by atoms with Gasteiger partial charge in [-0.05, 0) is 42.0 Å². The lowest BCUT2D eigenvalue weighted by Gasteiger charge is -2.38. The second-order valence-corrected chi connectivity index (χ2v) is 10.2. The van der Waals surface area contributed by atoms with Crippen molar-refractivity contribution in [3.05, 3.63) is 77.0 Å². The van der Waals surface area contributed by atoms with Gasteiger partial charge in [-0.25, -0.2) is 4.68 Å². The molecule has 0 saturated heterocycles. The first-order valence-electron chi connectivity index (χ1n) is 11.3.